The Bertz CT molecular complexity index is 910. The lowest BCUT2D eigenvalue weighted by Crippen LogP contribution is -2.50. The maximum atomic E-state index is 12.5. The van der Waals surface area contributed by atoms with Gasteiger partial charge in [0.25, 0.3) is 5.91 Å². The van der Waals surface area contributed by atoms with Crippen molar-refractivity contribution in [2.75, 3.05) is 23.7 Å². The van der Waals surface area contributed by atoms with Gasteiger partial charge in [-0.1, -0.05) is 42.0 Å². The number of nitrogens with zero attached hydrogens (tertiary/aromatic N) is 1. The summed E-state index contributed by atoms with van der Waals surface area (Å²) in [5.41, 5.74) is 2.90. The van der Waals surface area contributed by atoms with E-state index in [0.717, 1.165) is 19.1 Å². The van der Waals surface area contributed by atoms with E-state index in [-0.39, 0.29) is 12.5 Å². The van der Waals surface area contributed by atoms with Crippen LogP contribution in [0.25, 0.3) is 0 Å². The van der Waals surface area contributed by atoms with Crippen LogP contribution in [-0.2, 0) is 21.2 Å². The number of sulfonamides is 1. The first-order valence-electron chi connectivity index (χ1n) is 8.91. The van der Waals surface area contributed by atoms with Gasteiger partial charge in [0, 0.05) is 6.54 Å². The Kier molecular flexibility index (Phi) is 5.70. The number of hydrogen-bond acceptors (Lipinski definition) is 4. The van der Waals surface area contributed by atoms with Gasteiger partial charge in [-0.2, -0.15) is 0 Å². The minimum atomic E-state index is -3.50. The summed E-state index contributed by atoms with van der Waals surface area (Å²) in [4.78, 5) is 12.5. The lowest BCUT2D eigenvalue weighted by molar-refractivity contribution is -0.127. The minimum Gasteiger partial charge on any atom is -0.476 e. The number of nitrogens with one attached hydrogen (secondary N) is 1. The highest BCUT2D eigenvalue weighted by Crippen LogP contribution is 2.34. The molecule has 0 unspecified atom stereocenters. The zero-order chi connectivity index (χ0) is 19.4. The molecule has 3 rings (SSSR count). The zero-order valence-corrected chi connectivity index (χ0v) is 16.3. The molecule has 0 bridgehead atoms. The Morgan fingerprint density at radius 3 is 2.59 bits per heavy atom. The predicted molar refractivity (Wildman–Crippen MR) is 106 cm³/mol. The van der Waals surface area contributed by atoms with E-state index in [1.54, 1.807) is 24.3 Å². The lowest BCUT2D eigenvalue weighted by Gasteiger charge is -2.33. The molecule has 1 aliphatic rings. The molecule has 2 aromatic rings. The van der Waals surface area contributed by atoms with Crippen molar-refractivity contribution in [2.45, 2.75) is 25.9 Å². The molecule has 0 aromatic heterocycles. The summed E-state index contributed by atoms with van der Waals surface area (Å²) in [6, 6.07) is 15.1. The number of carbonyl (C=O) groups excluding carboxylic acids is 1. The van der Waals surface area contributed by atoms with Crippen molar-refractivity contribution in [3.05, 3.63) is 59.7 Å². The Hall–Kier alpha value is -2.54. The maximum absolute atomic E-state index is 12.5. The average molecular weight is 388 g/mol. The number of aryl methyl sites for hydroxylation is 2. The van der Waals surface area contributed by atoms with Crippen molar-refractivity contribution < 1.29 is 17.9 Å². The van der Waals surface area contributed by atoms with Crippen LogP contribution in [0.4, 0.5) is 5.69 Å². The van der Waals surface area contributed by atoms with Crippen molar-refractivity contribution in [1.82, 2.24) is 5.32 Å². The minimum absolute atomic E-state index is 0.0281. The number of fused-ring (bicyclic) bond motifs is 1. The van der Waals surface area contributed by atoms with E-state index in [1.807, 2.05) is 6.92 Å². The van der Waals surface area contributed by atoms with E-state index in [9.17, 15) is 13.2 Å². The van der Waals surface area contributed by atoms with Gasteiger partial charge in [-0.05, 0) is 37.5 Å². The molecule has 0 spiro atoms. The molecule has 1 heterocycles. The molecule has 0 radical (unpaired) electrons. The van der Waals surface area contributed by atoms with Crippen molar-refractivity contribution in [2.24, 2.45) is 0 Å². The number of para-hydroxylation sites is 2. The molecule has 0 saturated carbocycles. The molecule has 1 amide bonds. The van der Waals surface area contributed by atoms with Crippen LogP contribution in [0.3, 0.4) is 0 Å². The highest BCUT2D eigenvalue weighted by atomic mass is 32.2. The summed E-state index contributed by atoms with van der Waals surface area (Å²) in [5.74, 6) is 0.0936. The fourth-order valence-corrected chi connectivity index (χ4v) is 3.94. The lowest BCUT2D eigenvalue weighted by atomic mass is 10.1. The quantitative estimate of drug-likeness (QED) is 0.771. The van der Waals surface area contributed by atoms with Crippen LogP contribution < -0.4 is 14.4 Å². The largest absolute Gasteiger partial charge is 0.476 e. The Labute approximate surface area is 160 Å². The second kappa shape index (κ2) is 8.00. The number of hydrogen-bond donors (Lipinski definition) is 1. The highest BCUT2D eigenvalue weighted by molar-refractivity contribution is 7.92. The van der Waals surface area contributed by atoms with Gasteiger partial charge in [0.05, 0.1) is 18.5 Å². The SMILES string of the molecule is Cc1ccc(CCCNC(=O)[C@@H]2CN(S(C)(=O)=O)c3ccccc3O2)cc1. The smallest absolute Gasteiger partial charge is 0.263 e. The summed E-state index contributed by atoms with van der Waals surface area (Å²) < 4.78 is 31.1. The summed E-state index contributed by atoms with van der Waals surface area (Å²) in [6.45, 7) is 2.53. The van der Waals surface area contributed by atoms with E-state index in [2.05, 4.69) is 29.6 Å². The molecule has 2 aromatic carbocycles. The van der Waals surface area contributed by atoms with Gasteiger partial charge in [-0.3, -0.25) is 9.10 Å². The first-order chi connectivity index (χ1) is 12.8. The van der Waals surface area contributed by atoms with Gasteiger partial charge in [-0.15, -0.1) is 0 Å². The van der Waals surface area contributed by atoms with Crippen molar-refractivity contribution in [3.8, 4) is 5.75 Å². The van der Waals surface area contributed by atoms with Crippen molar-refractivity contribution in [1.29, 1.82) is 0 Å². The molecule has 0 aliphatic carbocycles. The average Bonchev–Trinajstić information content (AvgIpc) is 2.64. The van der Waals surface area contributed by atoms with E-state index in [1.165, 1.54) is 15.4 Å². The number of anilines is 1. The van der Waals surface area contributed by atoms with Crippen molar-refractivity contribution >= 4 is 21.6 Å². The maximum Gasteiger partial charge on any atom is 0.263 e. The topological polar surface area (TPSA) is 75.7 Å². The molecule has 1 aliphatic heterocycles. The molecular formula is C20H24N2O4S. The molecular weight excluding hydrogens is 364 g/mol. The van der Waals surface area contributed by atoms with Gasteiger partial charge in [0.15, 0.2) is 6.10 Å². The first kappa shape index (κ1) is 19.2. The van der Waals surface area contributed by atoms with Crippen LogP contribution in [0.15, 0.2) is 48.5 Å². The van der Waals surface area contributed by atoms with Gasteiger partial charge < -0.3 is 10.1 Å². The van der Waals surface area contributed by atoms with Gasteiger partial charge in [-0.25, -0.2) is 8.42 Å². The molecule has 1 atom stereocenters. The standard InChI is InChI=1S/C20H24N2O4S/c1-15-9-11-16(12-10-15)6-5-13-21-20(23)19-14-22(27(2,24)25)17-7-3-4-8-18(17)26-19/h3-4,7-12,19H,5-6,13-14H2,1-2H3,(H,21,23)/t19-/m0/s1. The summed E-state index contributed by atoms with van der Waals surface area (Å²) in [6.07, 6.45) is 1.93. The zero-order valence-electron chi connectivity index (χ0n) is 15.5. The van der Waals surface area contributed by atoms with Crippen LogP contribution in [0.1, 0.15) is 17.5 Å². The van der Waals surface area contributed by atoms with Crippen molar-refractivity contribution in [3.63, 3.8) is 0 Å². The van der Waals surface area contributed by atoms with Crippen LogP contribution in [0.5, 0.6) is 5.75 Å². The van der Waals surface area contributed by atoms with E-state index >= 15 is 0 Å². The second-order valence-electron chi connectivity index (χ2n) is 6.75. The Morgan fingerprint density at radius 1 is 1.19 bits per heavy atom. The normalized spacial score (nSPS) is 16.4. The Balaban J connectivity index is 1.58. The van der Waals surface area contributed by atoms with Crippen LogP contribution in [0.2, 0.25) is 0 Å². The van der Waals surface area contributed by atoms with Crippen LogP contribution in [0, 0.1) is 6.92 Å². The number of carbonyl (C=O) groups is 1. The fraction of sp³-hybridized carbons (Fsp3) is 0.350. The van der Waals surface area contributed by atoms with Crippen LogP contribution in [-0.4, -0.2) is 39.8 Å². The van der Waals surface area contributed by atoms with Crippen LogP contribution >= 0.6 is 0 Å². The summed E-state index contributed by atoms with van der Waals surface area (Å²) in [7, 11) is -3.50. The predicted octanol–water partition coefficient (Wildman–Crippen LogP) is 2.27. The summed E-state index contributed by atoms with van der Waals surface area (Å²) >= 11 is 0. The number of benzene rings is 2. The van der Waals surface area contributed by atoms with E-state index < -0.39 is 16.1 Å². The van der Waals surface area contributed by atoms with E-state index in [4.69, 9.17) is 4.74 Å². The number of amides is 1. The first-order valence-corrected chi connectivity index (χ1v) is 10.8. The number of rotatable bonds is 6. The second-order valence-corrected chi connectivity index (χ2v) is 8.66. The molecule has 0 saturated heterocycles. The number of ether oxygens (including phenoxy) is 1. The summed E-state index contributed by atoms with van der Waals surface area (Å²) in [5, 5.41) is 2.85. The van der Waals surface area contributed by atoms with Gasteiger partial charge in [0.1, 0.15) is 5.75 Å². The Morgan fingerprint density at radius 2 is 1.89 bits per heavy atom. The third-order valence-corrected chi connectivity index (χ3v) is 5.64. The molecule has 6 nitrogen and oxygen atoms in total. The third-order valence-electron chi connectivity index (χ3n) is 4.49. The molecule has 1 N–H and O–H groups in total. The molecule has 144 valence electrons. The fourth-order valence-electron chi connectivity index (χ4n) is 3.03. The van der Waals surface area contributed by atoms with Gasteiger partial charge >= 0.3 is 0 Å². The highest BCUT2D eigenvalue weighted by Gasteiger charge is 2.34. The molecule has 7 heteroatoms. The third kappa shape index (κ3) is 4.80. The molecule has 27 heavy (non-hydrogen) atoms. The van der Waals surface area contributed by atoms with Gasteiger partial charge in [0.2, 0.25) is 10.0 Å². The van der Waals surface area contributed by atoms with E-state index in [0.29, 0.717) is 18.0 Å². The monoisotopic (exact) mass is 388 g/mol. The molecule has 0 fully saturated rings.